The number of nitrogens with zero attached hydrogens (tertiary/aromatic N) is 3. The molecular weight excluding hydrogens is 410 g/mol. The monoisotopic (exact) mass is 431 g/mol. The first-order valence-corrected chi connectivity index (χ1v) is 9.45. The van der Waals surface area contributed by atoms with Crippen LogP contribution in [0.1, 0.15) is 16.7 Å². The molecule has 0 atom stereocenters. The van der Waals surface area contributed by atoms with Gasteiger partial charge < -0.3 is 10.0 Å². The number of aryl methyl sites for hydroxylation is 1. The van der Waals surface area contributed by atoms with Crippen molar-refractivity contribution in [2.45, 2.75) is 20.0 Å². The Balaban J connectivity index is 1.75. The predicted molar refractivity (Wildman–Crippen MR) is 107 cm³/mol. The van der Waals surface area contributed by atoms with E-state index < -0.39 is 5.97 Å². The summed E-state index contributed by atoms with van der Waals surface area (Å²) in [7, 11) is 1.74. The first-order chi connectivity index (χ1) is 12.8. The van der Waals surface area contributed by atoms with Crippen LogP contribution < -0.4 is 4.90 Å². The summed E-state index contributed by atoms with van der Waals surface area (Å²) in [6.07, 6.45) is 0. The molecule has 0 aliphatic carbocycles. The Kier molecular flexibility index (Phi) is 5.82. The van der Waals surface area contributed by atoms with Crippen molar-refractivity contribution in [3.8, 4) is 0 Å². The maximum atomic E-state index is 12.9. The highest BCUT2D eigenvalue weighted by Crippen LogP contribution is 2.26. The van der Waals surface area contributed by atoms with Gasteiger partial charge in [0.25, 0.3) is 5.91 Å². The van der Waals surface area contributed by atoms with Gasteiger partial charge in [-0.05, 0) is 35.7 Å². The first kappa shape index (κ1) is 19.4. The number of aliphatic carboxylic acids is 1. The number of anilines is 1. The molecule has 7 heteroatoms. The second-order valence-corrected chi connectivity index (χ2v) is 7.61. The Hall–Kier alpha value is -2.38. The number of carboxylic acids is 1. The van der Waals surface area contributed by atoms with Crippen molar-refractivity contribution in [3.05, 3.63) is 63.6 Å². The van der Waals surface area contributed by atoms with E-state index in [0.29, 0.717) is 13.1 Å². The number of fused-ring (bicyclic) bond motifs is 1. The lowest BCUT2D eigenvalue weighted by Gasteiger charge is -2.31. The van der Waals surface area contributed by atoms with E-state index in [1.165, 1.54) is 11.1 Å². The van der Waals surface area contributed by atoms with E-state index in [1.54, 1.807) is 17.0 Å². The van der Waals surface area contributed by atoms with Crippen LogP contribution in [0.2, 0.25) is 0 Å². The molecule has 2 aromatic rings. The van der Waals surface area contributed by atoms with Crippen molar-refractivity contribution in [1.29, 1.82) is 0 Å². The van der Waals surface area contributed by atoms with Crippen LogP contribution in [0.3, 0.4) is 0 Å². The number of halogens is 1. The lowest BCUT2D eigenvalue weighted by Crippen LogP contribution is -2.47. The van der Waals surface area contributed by atoms with Gasteiger partial charge in [0.1, 0.15) is 6.54 Å². The molecule has 1 amide bonds. The molecule has 142 valence electrons. The van der Waals surface area contributed by atoms with Crippen LogP contribution in [-0.4, -0.2) is 47.1 Å². The Morgan fingerprint density at radius 3 is 2.33 bits per heavy atom. The van der Waals surface area contributed by atoms with Gasteiger partial charge in [-0.2, -0.15) is 0 Å². The predicted octanol–water partition coefficient (Wildman–Crippen LogP) is 3.04. The van der Waals surface area contributed by atoms with Crippen molar-refractivity contribution in [2.75, 3.05) is 25.0 Å². The van der Waals surface area contributed by atoms with Crippen LogP contribution in [0.25, 0.3) is 0 Å². The number of amides is 1. The summed E-state index contributed by atoms with van der Waals surface area (Å²) in [5.41, 5.74) is 4.08. The van der Waals surface area contributed by atoms with Crippen molar-refractivity contribution in [1.82, 2.24) is 10.0 Å². The summed E-state index contributed by atoms with van der Waals surface area (Å²) in [5, 5.41) is 12.9. The van der Waals surface area contributed by atoms with Crippen LogP contribution >= 0.6 is 15.9 Å². The minimum absolute atomic E-state index is 0.00701. The summed E-state index contributed by atoms with van der Waals surface area (Å²) in [6.45, 7) is 3.01. The van der Waals surface area contributed by atoms with E-state index in [4.69, 9.17) is 0 Å². The fourth-order valence-electron chi connectivity index (χ4n) is 3.26. The lowest BCUT2D eigenvalue weighted by molar-refractivity contribution is -0.145. The molecule has 3 rings (SSSR count). The van der Waals surface area contributed by atoms with Gasteiger partial charge in [0.05, 0.1) is 6.54 Å². The standard InChI is InChI=1S/C20H22BrN3O3/c1-14-7-8-17(21)9-18(14)23(13-20(26)27)12-19(25)22(2)24-10-15-5-3-4-6-16(15)11-24/h3-9H,10-13H2,1-2H3,(H,26,27). The molecule has 0 spiro atoms. The average Bonchev–Trinajstić information content (AvgIpc) is 3.06. The zero-order valence-corrected chi connectivity index (χ0v) is 16.9. The molecule has 0 saturated carbocycles. The molecule has 1 aliphatic heterocycles. The fraction of sp³-hybridized carbons (Fsp3) is 0.300. The summed E-state index contributed by atoms with van der Waals surface area (Å²) in [6, 6.07) is 13.8. The van der Waals surface area contributed by atoms with Crippen LogP contribution in [0, 0.1) is 6.92 Å². The summed E-state index contributed by atoms with van der Waals surface area (Å²) < 4.78 is 0.842. The largest absolute Gasteiger partial charge is 0.480 e. The van der Waals surface area contributed by atoms with Crippen molar-refractivity contribution in [3.63, 3.8) is 0 Å². The van der Waals surface area contributed by atoms with Crippen molar-refractivity contribution in [2.24, 2.45) is 0 Å². The van der Waals surface area contributed by atoms with Crippen LogP contribution in [0.4, 0.5) is 5.69 Å². The number of hydrogen-bond donors (Lipinski definition) is 1. The molecule has 0 fully saturated rings. The number of carbonyl (C=O) groups excluding carboxylic acids is 1. The third kappa shape index (κ3) is 4.48. The third-order valence-corrected chi connectivity index (χ3v) is 5.27. The number of hydrogen-bond acceptors (Lipinski definition) is 4. The smallest absolute Gasteiger partial charge is 0.323 e. The van der Waals surface area contributed by atoms with E-state index in [2.05, 4.69) is 28.1 Å². The SMILES string of the molecule is Cc1ccc(Br)cc1N(CC(=O)O)CC(=O)N(C)N1Cc2ccccc2C1. The molecule has 6 nitrogen and oxygen atoms in total. The van der Waals surface area contributed by atoms with Crippen LogP contribution in [-0.2, 0) is 22.7 Å². The molecule has 1 N–H and O–H groups in total. The first-order valence-electron chi connectivity index (χ1n) is 8.66. The van der Waals surface area contributed by atoms with E-state index in [-0.39, 0.29) is 19.0 Å². The number of carbonyl (C=O) groups is 2. The average molecular weight is 432 g/mol. The van der Waals surface area contributed by atoms with Crippen molar-refractivity contribution < 1.29 is 14.7 Å². The molecule has 1 aliphatic rings. The maximum Gasteiger partial charge on any atom is 0.323 e. The number of benzene rings is 2. The van der Waals surface area contributed by atoms with Gasteiger partial charge >= 0.3 is 5.97 Å². The number of hydrazine groups is 1. The normalized spacial score (nSPS) is 13.3. The van der Waals surface area contributed by atoms with Gasteiger partial charge in [-0.3, -0.25) is 14.6 Å². The minimum atomic E-state index is -0.974. The molecule has 2 aromatic carbocycles. The van der Waals surface area contributed by atoms with Gasteiger partial charge in [0, 0.05) is 30.3 Å². The Morgan fingerprint density at radius 1 is 1.11 bits per heavy atom. The highest BCUT2D eigenvalue weighted by atomic mass is 79.9. The topological polar surface area (TPSA) is 64.1 Å². The second kappa shape index (κ2) is 8.10. The van der Waals surface area contributed by atoms with Gasteiger partial charge in [-0.1, -0.05) is 46.3 Å². The van der Waals surface area contributed by atoms with Gasteiger partial charge in [0.15, 0.2) is 0 Å². The molecule has 0 saturated heterocycles. The minimum Gasteiger partial charge on any atom is -0.480 e. The zero-order valence-electron chi connectivity index (χ0n) is 15.4. The molecule has 0 aromatic heterocycles. The number of likely N-dealkylation sites (N-methyl/N-ethyl adjacent to an activating group) is 1. The van der Waals surface area contributed by atoms with E-state index in [0.717, 1.165) is 15.7 Å². The third-order valence-electron chi connectivity index (χ3n) is 4.77. The zero-order chi connectivity index (χ0) is 19.6. The maximum absolute atomic E-state index is 12.9. The Bertz CT molecular complexity index is 846. The second-order valence-electron chi connectivity index (χ2n) is 6.69. The molecule has 0 radical (unpaired) electrons. The highest BCUT2D eigenvalue weighted by Gasteiger charge is 2.26. The molecule has 0 bridgehead atoms. The summed E-state index contributed by atoms with van der Waals surface area (Å²) >= 11 is 3.42. The van der Waals surface area contributed by atoms with Crippen LogP contribution in [0.5, 0.6) is 0 Å². The van der Waals surface area contributed by atoms with Crippen LogP contribution in [0.15, 0.2) is 46.9 Å². The van der Waals surface area contributed by atoms with E-state index >= 15 is 0 Å². The quantitative estimate of drug-likeness (QED) is 0.761. The lowest BCUT2D eigenvalue weighted by atomic mass is 10.1. The molecule has 0 unspecified atom stereocenters. The fourth-order valence-corrected chi connectivity index (χ4v) is 3.61. The van der Waals surface area contributed by atoms with E-state index in [9.17, 15) is 14.7 Å². The van der Waals surface area contributed by atoms with Gasteiger partial charge in [0.2, 0.25) is 0 Å². The van der Waals surface area contributed by atoms with Crippen molar-refractivity contribution >= 4 is 33.5 Å². The number of rotatable bonds is 6. The Morgan fingerprint density at radius 2 is 1.74 bits per heavy atom. The Labute approximate surface area is 167 Å². The molecule has 27 heavy (non-hydrogen) atoms. The highest BCUT2D eigenvalue weighted by molar-refractivity contribution is 9.10. The summed E-state index contributed by atoms with van der Waals surface area (Å²) in [4.78, 5) is 25.8. The molecular formula is C20H22BrN3O3. The van der Waals surface area contributed by atoms with E-state index in [1.807, 2.05) is 42.3 Å². The number of carboxylic acid groups (broad SMARTS) is 1. The van der Waals surface area contributed by atoms with Gasteiger partial charge in [-0.15, -0.1) is 0 Å². The van der Waals surface area contributed by atoms with Gasteiger partial charge in [-0.25, -0.2) is 5.01 Å². The molecule has 1 heterocycles. The summed E-state index contributed by atoms with van der Waals surface area (Å²) in [5.74, 6) is -1.12.